The number of para-hydroxylation sites is 1. The molecule has 5 heteroatoms. The number of pyridine rings is 1. The molecule has 0 spiro atoms. The van der Waals surface area contributed by atoms with Crippen molar-refractivity contribution in [2.45, 2.75) is 13.8 Å². The number of amides is 1. The molecule has 1 amide bonds. The van der Waals surface area contributed by atoms with Crippen molar-refractivity contribution in [1.29, 1.82) is 0 Å². The van der Waals surface area contributed by atoms with Crippen LogP contribution < -0.4 is 4.90 Å². The number of fused-ring (bicyclic) bond motifs is 1. The molecular weight excluding hydrogens is 312 g/mol. The molecule has 0 atom stereocenters. The molecule has 1 fully saturated rings. The predicted octanol–water partition coefficient (Wildman–Crippen LogP) is 2.91. The summed E-state index contributed by atoms with van der Waals surface area (Å²) >= 11 is 0. The Morgan fingerprint density at radius 3 is 2.44 bits per heavy atom. The lowest BCUT2D eigenvalue weighted by molar-refractivity contribution is 0.0739. The van der Waals surface area contributed by atoms with Crippen LogP contribution in [0.5, 0.6) is 0 Å². The van der Waals surface area contributed by atoms with Gasteiger partial charge in [0.15, 0.2) is 0 Å². The summed E-state index contributed by atoms with van der Waals surface area (Å²) in [6.07, 6.45) is 1.94. The van der Waals surface area contributed by atoms with Gasteiger partial charge in [0.05, 0.1) is 5.69 Å². The maximum Gasteiger partial charge on any atom is 0.272 e. The van der Waals surface area contributed by atoms with Gasteiger partial charge in [0, 0.05) is 38.1 Å². The Bertz CT molecular complexity index is 908. The Morgan fingerprint density at radius 1 is 1.00 bits per heavy atom. The summed E-state index contributed by atoms with van der Waals surface area (Å²) < 4.78 is 1.91. The molecule has 0 bridgehead atoms. The van der Waals surface area contributed by atoms with Crippen LogP contribution in [0.15, 0.2) is 48.7 Å². The van der Waals surface area contributed by atoms with Gasteiger partial charge in [0.2, 0.25) is 0 Å². The number of hydrogen-bond donors (Lipinski definition) is 0. The molecule has 1 aliphatic heterocycles. The van der Waals surface area contributed by atoms with E-state index in [9.17, 15) is 4.79 Å². The second-order valence-corrected chi connectivity index (χ2v) is 6.59. The van der Waals surface area contributed by atoms with Gasteiger partial charge in [-0.1, -0.05) is 18.2 Å². The lowest BCUT2D eigenvalue weighted by Gasteiger charge is -2.36. The van der Waals surface area contributed by atoms with Crippen LogP contribution >= 0.6 is 0 Å². The van der Waals surface area contributed by atoms with Crippen LogP contribution in [0.25, 0.3) is 5.65 Å². The zero-order chi connectivity index (χ0) is 17.4. The number of nitrogens with zero attached hydrogens (tertiary/aromatic N) is 4. The van der Waals surface area contributed by atoms with Crippen LogP contribution in [0.3, 0.4) is 0 Å². The van der Waals surface area contributed by atoms with Gasteiger partial charge >= 0.3 is 0 Å². The smallest absolute Gasteiger partial charge is 0.272 e. The van der Waals surface area contributed by atoms with Crippen molar-refractivity contribution in [2.75, 3.05) is 31.1 Å². The number of benzene rings is 1. The fourth-order valence-corrected chi connectivity index (χ4v) is 3.48. The second-order valence-electron chi connectivity index (χ2n) is 6.59. The number of imidazole rings is 1. The minimum Gasteiger partial charge on any atom is -0.368 e. The molecule has 3 heterocycles. The van der Waals surface area contributed by atoms with Gasteiger partial charge in [-0.05, 0) is 43.7 Å². The Labute approximate surface area is 147 Å². The topological polar surface area (TPSA) is 40.9 Å². The molecule has 128 valence electrons. The van der Waals surface area contributed by atoms with Crippen LogP contribution in [0.4, 0.5) is 5.69 Å². The van der Waals surface area contributed by atoms with E-state index in [4.69, 9.17) is 0 Å². The fraction of sp³-hybridized carbons (Fsp3) is 0.300. The lowest BCUT2D eigenvalue weighted by atomic mass is 10.2. The molecule has 1 saturated heterocycles. The highest BCUT2D eigenvalue weighted by atomic mass is 16.2. The molecule has 5 nitrogen and oxygen atoms in total. The third-order valence-electron chi connectivity index (χ3n) is 4.85. The quantitative estimate of drug-likeness (QED) is 0.723. The summed E-state index contributed by atoms with van der Waals surface area (Å²) in [5.74, 6) is 0.0709. The van der Waals surface area contributed by atoms with E-state index in [2.05, 4.69) is 34.1 Å². The van der Waals surface area contributed by atoms with E-state index in [1.165, 1.54) is 5.69 Å². The molecule has 2 aromatic heterocycles. The number of carbonyl (C=O) groups excluding carboxylic acids is 1. The molecule has 25 heavy (non-hydrogen) atoms. The van der Waals surface area contributed by atoms with Crippen molar-refractivity contribution in [3.05, 3.63) is 65.6 Å². The minimum absolute atomic E-state index is 0.0709. The Morgan fingerprint density at radius 2 is 1.72 bits per heavy atom. The van der Waals surface area contributed by atoms with Crippen LogP contribution in [0.2, 0.25) is 0 Å². The summed E-state index contributed by atoms with van der Waals surface area (Å²) in [5.41, 5.74) is 4.68. The molecule has 0 radical (unpaired) electrons. The van der Waals surface area contributed by atoms with Crippen LogP contribution in [0.1, 0.15) is 21.7 Å². The first-order valence-electron chi connectivity index (χ1n) is 8.68. The van der Waals surface area contributed by atoms with Gasteiger partial charge in [-0.3, -0.25) is 9.20 Å². The summed E-state index contributed by atoms with van der Waals surface area (Å²) in [4.78, 5) is 21.9. The first-order valence-corrected chi connectivity index (χ1v) is 8.68. The minimum atomic E-state index is 0.0709. The van der Waals surface area contributed by atoms with E-state index in [0.717, 1.165) is 43.1 Å². The highest BCUT2D eigenvalue weighted by molar-refractivity contribution is 5.95. The average molecular weight is 334 g/mol. The number of carbonyl (C=O) groups is 1. The van der Waals surface area contributed by atoms with Crippen molar-refractivity contribution >= 4 is 17.2 Å². The van der Waals surface area contributed by atoms with Crippen LogP contribution in [0, 0.1) is 13.8 Å². The zero-order valence-corrected chi connectivity index (χ0v) is 14.6. The number of hydrogen-bond acceptors (Lipinski definition) is 3. The molecule has 0 saturated carbocycles. The summed E-state index contributed by atoms with van der Waals surface area (Å²) in [6, 6.07) is 14.4. The summed E-state index contributed by atoms with van der Waals surface area (Å²) in [5, 5.41) is 0. The Kier molecular flexibility index (Phi) is 3.92. The molecule has 0 aliphatic carbocycles. The van der Waals surface area contributed by atoms with Gasteiger partial charge in [-0.15, -0.1) is 0 Å². The first-order chi connectivity index (χ1) is 12.1. The molecule has 1 aromatic carbocycles. The standard InChI is InChI=1S/C20H22N4O/c1-15-8-9-24-18(14-15)21-16(2)19(24)20(25)23-12-10-22(11-13-23)17-6-4-3-5-7-17/h3-9,14H,10-13H2,1-2H3. The monoisotopic (exact) mass is 334 g/mol. The van der Waals surface area contributed by atoms with E-state index < -0.39 is 0 Å². The van der Waals surface area contributed by atoms with Gasteiger partial charge in [0.25, 0.3) is 5.91 Å². The third kappa shape index (κ3) is 2.86. The highest BCUT2D eigenvalue weighted by Crippen LogP contribution is 2.19. The van der Waals surface area contributed by atoms with E-state index >= 15 is 0 Å². The first kappa shape index (κ1) is 15.7. The van der Waals surface area contributed by atoms with Crippen molar-refractivity contribution < 1.29 is 4.79 Å². The molecule has 1 aliphatic rings. The van der Waals surface area contributed by atoms with E-state index in [0.29, 0.717) is 5.69 Å². The predicted molar refractivity (Wildman–Crippen MR) is 99.2 cm³/mol. The molecular formula is C20H22N4O. The maximum atomic E-state index is 13.1. The number of aryl methyl sites for hydroxylation is 2. The van der Waals surface area contributed by atoms with Crippen molar-refractivity contribution in [1.82, 2.24) is 14.3 Å². The van der Waals surface area contributed by atoms with Gasteiger partial charge in [-0.25, -0.2) is 4.98 Å². The normalized spacial score (nSPS) is 15.0. The second kappa shape index (κ2) is 6.24. The number of piperazine rings is 1. The lowest BCUT2D eigenvalue weighted by Crippen LogP contribution is -2.49. The molecule has 4 rings (SSSR count). The largest absolute Gasteiger partial charge is 0.368 e. The third-order valence-corrected chi connectivity index (χ3v) is 4.85. The van der Waals surface area contributed by atoms with E-state index in [1.807, 2.05) is 47.5 Å². The molecule has 3 aromatic rings. The van der Waals surface area contributed by atoms with Crippen LogP contribution in [-0.2, 0) is 0 Å². The van der Waals surface area contributed by atoms with Gasteiger partial charge < -0.3 is 9.80 Å². The van der Waals surface area contributed by atoms with Crippen molar-refractivity contribution in [2.24, 2.45) is 0 Å². The van der Waals surface area contributed by atoms with Gasteiger partial charge in [0.1, 0.15) is 11.3 Å². The number of anilines is 1. The Balaban J connectivity index is 1.54. The Hall–Kier alpha value is -2.82. The SMILES string of the molecule is Cc1ccn2c(C(=O)N3CCN(c4ccccc4)CC3)c(C)nc2c1. The number of rotatable bonds is 2. The maximum absolute atomic E-state index is 13.1. The average Bonchev–Trinajstić information content (AvgIpc) is 2.97. The van der Waals surface area contributed by atoms with E-state index in [-0.39, 0.29) is 5.91 Å². The molecule has 0 unspecified atom stereocenters. The highest BCUT2D eigenvalue weighted by Gasteiger charge is 2.26. The zero-order valence-electron chi connectivity index (χ0n) is 14.6. The molecule has 0 N–H and O–H groups in total. The van der Waals surface area contributed by atoms with E-state index in [1.54, 1.807) is 0 Å². The van der Waals surface area contributed by atoms with Crippen molar-refractivity contribution in [3.8, 4) is 0 Å². The van der Waals surface area contributed by atoms with Crippen molar-refractivity contribution in [3.63, 3.8) is 0 Å². The number of aromatic nitrogens is 2. The van der Waals surface area contributed by atoms with Gasteiger partial charge in [-0.2, -0.15) is 0 Å². The fourth-order valence-electron chi connectivity index (χ4n) is 3.48. The van der Waals surface area contributed by atoms with Crippen LogP contribution in [-0.4, -0.2) is 46.4 Å². The summed E-state index contributed by atoms with van der Waals surface area (Å²) in [7, 11) is 0. The summed E-state index contributed by atoms with van der Waals surface area (Å²) in [6.45, 7) is 7.11.